The van der Waals surface area contributed by atoms with Gasteiger partial charge >= 0.3 is 0 Å². The second-order valence-corrected chi connectivity index (χ2v) is 6.49. The summed E-state index contributed by atoms with van der Waals surface area (Å²) >= 11 is 0. The van der Waals surface area contributed by atoms with Crippen LogP contribution in [0.1, 0.15) is 18.7 Å². The van der Waals surface area contributed by atoms with Crippen LogP contribution >= 0.6 is 0 Å². The molecule has 8 nitrogen and oxygen atoms in total. The fraction of sp³-hybridized carbons (Fsp3) is 0.474. The van der Waals surface area contributed by atoms with E-state index in [0.29, 0.717) is 57.2 Å². The van der Waals surface area contributed by atoms with Gasteiger partial charge in [0.1, 0.15) is 0 Å². The van der Waals surface area contributed by atoms with Gasteiger partial charge in [0.15, 0.2) is 0 Å². The number of ether oxygens (including phenoxy) is 1. The molecule has 27 heavy (non-hydrogen) atoms. The Morgan fingerprint density at radius 3 is 2.96 bits per heavy atom. The van der Waals surface area contributed by atoms with Gasteiger partial charge in [0.25, 0.3) is 0 Å². The number of benzene rings is 1. The zero-order chi connectivity index (χ0) is 19.1. The van der Waals surface area contributed by atoms with Crippen molar-refractivity contribution in [2.45, 2.75) is 19.3 Å². The molecule has 0 unspecified atom stereocenters. The van der Waals surface area contributed by atoms with Crippen LogP contribution in [0.3, 0.4) is 0 Å². The van der Waals surface area contributed by atoms with Crippen LogP contribution in [0, 0.1) is 5.92 Å². The first-order chi connectivity index (χ1) is 13.2. The summed E-state index contributed by atoms with van der Waals surface area (Å²) in [4.78, 5) is 30.3. The molecule has 1 aromatic carbocycles. The molecule has 2 aromatic rings. The van der Waals surface area contributed by atoms with Gasteiger partial charge in [-0.25, -0.2) is 0 Å². The second-order valence-electron chi connectivity index (χ2n) is 6.49. The zero-order valence-electron chi connectivity index (χ0n) is 15.4. The molecule has 0 bridgehead atoms. The van der Waals surface area contributed by atoms with E-state index in [4.69, 9.17) is 9.26 Å². The molecule has 1 aliphatic rings. The molecular weight excluding hydrogens is 348 g/mol. The highest BCUT2D eigenvalue weighted by molar-refractivity contribution is 5.83. The van der Waals surface area contributed by atoms with Crippen molar-refractivity contribution in [2.24, 2.45) is 5.92 Å². The van der Waals surface area contributed by atoms with E-state index in [0.717, 1.165) is 5.56 Å². The summed E-state index contributed by atoms with van der Waals surface area (Å²) in [6.45, 7) is 1.84. The third-order valence-corrected chi connectivity index (χ3v) is 4.57. The number of nitrogens with zero attached hydrogens (tertiary/aromatic N) is 3. The highest BCUT2D eigenvalue weighted by atomic mass is 16.5. The Morgan fingerprint density at radius 2 is 2.19 bits per heavy atom. The van der Waals surface area contributed by atoms with Gasteiger partial charge in [0, 0.05) is 45.1 Å². The summed E-state index contributed by atoms with van der Waals surface area (Å²) in [7, 11) is 1.60. The van der Waals surface area contributed by atoms with Crippen LogP contribution in [0.25, 0.3) is 11.4 Å². The third kappa shape index (κ3) is 5.13. The smallest absolute Gasteiger partial charge is 0.228 e. The molecule has 0 aliphatic carbocycles. The van der Waals surface area contributed by atoms with E-state index in [-0.39, 0.29) is 17.7 Å². The van der Waals surface area contributed by atoms with Crippen molar-refractivity contribution in [3.63, 3.8) is 0 Å². The van der Waals surface area contributed by atoms with Crippen LogP contribution in [-0.4, -0.2) is 60.2 Å². The van der Waals surface area contributed by atoms with Gasteiger partial charge in [-0.05, 0) is 6.42 Å². The minimum absolute atomic E-state index is 0.0484. The van der Waals surface area contributed by atoms with E-state index in [9.17, 15) is 9.59 Å². The Labute approximate surface area is 157 Å². The minimum Gasteiger partial charge on any atom is -0.383 e. The van der Waals surface area contributed by atoms with Crippen LogP contribution in [0.2, 0.25) is 0 Å². The van der Waals surface area contributed by atoms with Gasteiger partial charge in [-0.3, -0.25) is 9.59 Å². The van der Waals surface area contributed by atoms with Crippen LogP contribution in [0.15, 0.2) is 34.9 Å². The lowest BCUT2D eigenvalue weighted by Crippen LogP contribution is -2.47. The van der Waals surface area contributed by atoms with Crippen LogP contribution in [0.4, 0.5) is 0 Å². The highest BCUT2D eigenvalue weighted by Crippen LogP contribution is 2.18. The Morgan fingerprint density at radius 1 is 1.37 bits per heavy atom. The molecule has 1 atom stereocenters. The molecule has 1 saturated heterocycles. The summed E-state index contributed by atoms with van der Waals surface area (Å²) in [5, 5.41) is 6.87. The molecule has 1 aliphatic heterocycles. The Balaban J connectivity index is 1.45. The number of nitrogens with one attached hydrogen (secondary N) is 1. The Bertz CT molecular complexity index is 762. The summed E-state index contributed by atoms with van der Waals surface area (Å²) < 4.78 is 10.3. The summed E-state index contributed by atoms with van der Waals surface area (Å²) in [5.74, 6) is 0.858. The van der Waals surface area contributed by atoms with Crippen molar-refractivity contribution in [2.75, 3.05) is 33.4 Å². The lowest BCUT2D eigenvalue weighted by molar-refractivity contribution is -0.138. The maximum absolute atomic E-state index is 12.4. The van der Waals surface area contributed by atoms with Gasteiger partial charge < -0.3 is 19.5 Å². The molecule has 3 rings (SSSR count). The number of piperidine rings is 1. The number of carbonyl (C=O) groups is 2. The standard InChI is InChI=1S/C19H24N4O4/c1-26-12-11-23-13-15(7-8-17(23)24)19(25)20-10-9-16-21-18(22-27-16)14-5-3-2-4-6-14/h2-6,15H,7-13H2,1H3,(H,20,25)/t15-/m0/s1. The monoisotopic (exact) mass is 372 g/mol. The van der Waals surface area contributed by atoms with Crippen LogP contribution < -0.4 is 5.32 Å². The number of hydrogen-bond acceptors (Lipinski definition) is 6. The predicted octanol–water partition coefficient (Wildman–Crippen LogP) is 1.28. The molecule has 0 saturated carbocycles. The summed E-state index contributed by atoms with van der Waals surface area (Å²) in [6.07, 6.45) is 1.43. The fourth-order valence-corrected chi connectivity index (χ4v) is 3.04. The van der Waals surface area contributed by atoms with Crippen molar-refractivity contribution in [3.05, 3.63) is 36.2 Å². The summed E-state index contributed by atoms with van der Waals surface area (Å²) in [6, 6.07) is 9.58. The van der Waals surface area contributed by atoms with E-state index in [1.54, 1.807) is 12.0 Å². The molecule has 2 amide bonds. The molecule has 0 spiro atoms. The average molecular weight is 372 g/mol. The van der Waals surface area contributed by atoms with E-state index in [1.165, 1.54) is 0 Å². The molecule has 1 aromatic heterocycles. The quantitative estimate of drug-likeness (QED) is 0.750. The lowest BCUT2D eigenvalue weighted by Gasteiger charge is -2.31. The molecule has 144 valence electrons. The number of carbonyl (C=O) groups excluding carboxylic acids is 2. The zero-order valence-corrected chi connectivity index (χ0v) is 15.4. The van der Waals surface area contributed by atoms with Crippen LogP contribution in [-0.2, 0) is 20.7 Å². The fourth-order valence-electron chi connectivity index (χ4n) is 3.04. The number of aromatic nitrogens is 2. The topological polar surface area (TPSA) is 97.6 Å². The molecule has 1 N–H and O–H groups in total. The van der Waals surface area contributed by atoms with Crippen molar-refractivity contribution in [1.82, 2.24) is 20.4 Å². The lowest BCUT2D eigenvalue weighted by atomic mass is 9.96. The molecule has 2 heterocycles. The normalized spacial score (nSPS) is 17.1. The van der Waals surface area contributed by atoms with Gasteiger partial charge in [-0.2, -0.15) is 4.98 Å². The van der Waals surface area contributed by atoms with E-state index in [1.807, 2.05) is 30.3 Å². The molecule has 8 heteroatoms. The van der Waals surface area contributed by atoms with Crippen molar-refractivity contribution in [1.29, 1.82) is 0 Å². The third-order valence-electron chi connectivity index (χ3n) is 4.57. The number of likely N-dealkylation sites (tertiary alicyclic amines) is 1. The van der Waals surface area contributed by atoms with Crippen LogP contribution in [0.5, 0.6) is 0 Å². The molecule has 1 fully saturated rings. The number of methoxy groups -OCH3 is 1. The Hall–Kier alpha value is -2.74. The van der Waals surface area contributed by atoms with Gasteiger partial charge in [0.2, 0.25) is 23.5 Å². The van der Waals surface area contributed by atoms with E-state index in [2.05, 4.69) is 15.5 Å². The van der Waals surface area contributed by atoms with E-state index >= 15 is 0 Å². The van der Waals surface area contributed by atoms with Gasteiger partial charge in [0.05, 0.1) is 12.5 Å². The highest BCUT2D eigenvalue weighted by Gasteiger charge is 2.29. The second kappa shape index (κ2) is 9.27. The van der Waals surface area contributed by atoms with Crippen molar-refractivity contribution >= 4 is 11.8 Å². The minimum atomic E-state index is -0.192. The first-order valence-corrected chi connectivity index (χ1v) is 9.10. The first kappa shape index (κ1) is 19.0. The van der Waals surface area contributed by atoms with Crippen molar-refractivity contribution < 1.29 is 18.8 Å². The molecular formula is C19H24N4O4. The Kier molecular flexibility index (Phi) is 6.54. The summed E-state index contributed by atoms with van der Waals surface area (Å²) in [5.41, 5.74) is 0.888. The number of amides is 2. The SMILES string of the molecule is COCCN1C[C@@H](C(=O)NCCc2nc(-c3ccccc3)no2)CCC1=O. The molecule has 0 radical (unpaired) electrons. The van der Waals surface area contributed by atoms with Crippen molar-refractivity contribution in [3.8, 4) is 11.4 Å². The maximum Gasteiger partial charge on any atom is 0.228 e. The largest absolute Gasteiger partial charge is 0.383 e. The first-order valence-electron chi connectivity index (χ1n) is 9.10. The van der Waals surface area contributed by atoms with Gasteiger partial charge in [-0.15, -0.1) is 0 Å². The number of rotatable bonds is 8. The maximum atomic E-state index is 12.4. The average Bonchev–Trinajstić information content (AvgIpc) is 3.17. The number of hydrogen-bond donors (Lipinski definition) is 1. The predicted molar refractivity (Wildman–Crippen MR) is 97.6 cm³/mol. The van der Waals surface area contributed by atoms with E-state index < -0.39 is 0 Å². The van der Waals surface area contributed by atoms with Gasteiger partial charge in [-0.1, -0.05) is 35.5 Å².